The molecule has 0 aliphatic heterocycles. The molecule has 1 heterocycles. The van der Waals surface area contributed by atoms with Crippen LogP contribution >= 0.6 is 0 Å². The molecule has 1 unspecified atom stereocenters. The summed E-state index contributed by atoms with van der Waals surface area (Å²) in [6.07, 6.45) is -3.63. The first-order valence-electron chi connectivity index (χ1n) is 5.88. The van der Waals surface area contributed by atoms with Crippen molar-refractivity contribution in [1.82, 2.24) is 4.98 Å². The molecule has 0 bridgehead atoms. The Bertz CT molecular complexity index is 712. The summed E-state index contributed by atoms with van der Waals surface area (Å²) in [7, 11) is 0. The largest absolute Gasteiger partial charge is 0.508 e. The van der Waals surface area contributed by atoms with Crippen molar-refractivity contribution in [1.29, 1.82) is 0 Å². The molecule has 23 heavy (non-hydrogen) atoms. The molecule has 0 spiro atoms. The van der Waals surface area contributed by atoms with E-state index in [4.69, 9.17) is 0 Å². The number of rotatable bonds is 3. The lowest BCUT2D eigenvalue weighted by Crippen LogP contribution is -2.20. The first kappa shape index (κ1) is 17.3. The van der Waals surface area contributed by atoms with Crippen LogP contribution in [0.5, 0.6) is 5.75 Å². The second-order valence-corrected chi connectivity index (χ2v) is 5.31. The van der Waals surface area contributed by atoms with Crippen LogP contribution in [0.2, 0.25) is 0 Å². The van der Waals surface area contributed by atoms with Gasteiger partial charge in [0, 0.05) is 6.20 Å². The van der Waals surface area contributed by atoms with E-state index in [1.54, 1.807) is 0 Å². The van der Waals surface area contributed by atoms with Crippen LogP contribution < -0.4 is 4.18 Å². The number of halogens is 6. The van der Waals surface area contributed by atoms with Gasteiger partial charge in [-0.05, 0) is 35.4 Å². The minimum atomic E-state index is -5.02. The molecule has 1 aromatic heterocycles. The van der Waals surface area contributed by atoms with Gasteiger partial charge < -0.3 is 4.18 Å². The van der Waals surface area contributed by atoms with Crippen LogP contribution in [0.4, 0.5) is 26.3 Å². The molecular weight excluding hydrogens is 348 g/mol. The summed E-state index contributed by atoms with van der Waals surface area (Å²) in [6.45, 7) is 0. The zero-order valence-electron chi connectivity index (χ0n) is 11.0. The van der Waals surface area contributed by atoms with E-state index in [2.05, 4.69) is 9.17 Å². The molecule has 1 atom stereocenters. The molecule has 3 nitrogen and oxygen atoms in total. The summed E-state index contributed by atoms with van der Waals surface area (Å²) in [5.74, 6) is -0.325. The van der Waals surface area contributed by atoms with Gasteiger partial charge in [-0.2, -0.15) is 26.3 Å². The predicted molar refractivity (Wildman–Crippen MR) is 69.5 cm³/mol. The van der Waals surface area contributed by atoms with Crippen LogP contribution in [0.25, 0.3) is 11.1 Å². The zero-order valence-corrected chi connectivity index (χ0v) is 11.8. The Morgan fingerprint density at radius 3 is 2.04 bits per heavy atom. The number of hydrogen-bond donors (Lipinski definition) is 0. The van der Waals surface area contributed by atoms with Gasteiger partial charge >= 0.3 is 22.8 Å². The highest BCUT2D eigenvalue weighted by atomic mass is 32.2. The Hall–Kier alpha value is -2.10. The fraction of sp³-hybridized carbons (Fsp3) is 0.154. The van der Waals surface area contributed by atoms with Gasteiger partial charge in [0.25, 0.3) is 0 Å². The van der Waals surface area contributed by atoms with Crippen LogP contribution in [0.15, 0.2) is 42.6 Å². The van der Waals surface area contributed by atoms with E-state index in [-0.39, 0.29) is 11.3 Å². The lowest BCUT2D eigenvalue weighted by molar-refractivity contribution is -0.141. The number of alkyl halides is 6. The van der Waals surface area contributed by atoms with Gasteiger partial charge in [0.15, 0.2) is 0 Å². The lowest BCUT2D eigenvalue weighted by atomic mass is 10.1. The average molecular weight is 355 g/mol. The number of benzene rings is 1. The first-order chi connectivity index (χ1) is 10.6. The van der Waals surface area contributed by atoms with Crippen molar-refractivity contribution < 1.29 is 34.7 Å². The summed E-state index contributed by atoms with van der Waals surface area (Å²) in [4.78, 5) is 3.21. The Kier molecular flexibility index (Phi) is 4.64. The summed E-state index contributed by atoms with van der Waals surface area (Å²) in [5.41, 5.74) is -5.63. The van der Waals surface area contributed by atoms with Crippen LogP contribution in [-0.4, -0.2) is 14.7 Å². The summed E-state index contributed by atoms with van der Waals surface area (Å²) in [6, 6.07) is 6.78. The van der Waals surface area contributed by atoms with Crippen molar-refractivity contribution in [2.75, 3.05) is 0 Å². The van der Waals surface area contributed by atoms with E-state index in [1.807, 2.05) is 0 Å². The lowest BCUT2D eigenvalue weighted by Gasteiger charge is -2.09. The summed E-state index contributed by atoms with van der Waals surface area (Å²) >= 11 is -3.51. The molecule has 0 fully saturated rings. The Morgan fingerprint density at radius 1 is 0.913 bits per heavy atom. The molecule has 0 N–H and O–H groups in total. The van der Waals surface area contributed by atoms with Crippen LogP contribution in [0.3, 0.4) is 0 Å². The van der Waals surface area contributed by atoms with E-state index in [1.165, 1.54) is 18.2 Å². The van der Waals surface area contributed by atoms with Crippen molar-refractivity contribution >= 4 is 11.1 Å². The molecule has 0 saturated heterocycles. The van der Waals surface area contributed by atoms with Crippen LogP contribution in [-0.2, 0) is 17.3 Å². The van der Waals surface area contributed by atoms with E-state index in [0.29, 0.717) is 5.56 Å². The maximum atomic E-state index is 12.6. The number of aromatic nitrogens is 1. The van der Waals surface area contributed by atoms with Crippen molar-refractivity contribution in [2.45, 2.75) is 11.7 Å². The summed E-state index contributed by atoms with van der Waals surface area (Å²) in [5, 5.41) is 0. The highest BCUT2D eigenvalue weighted by Gasteiger charge is 2.40. The van der Waals surface area contributed by atoms with Crippen LogP contribution in [0, 0.1) is 0 Å². The number of nitrogens with zero attached hydrogens (tertiary/aromatic N) is 1. The van der Waals surface area contributed by atoms with Crippen molar-refractivity contribution in [3.63, 3.8) is 0 Å². The Labute approximate surface area is 128 Å². The number of pyridine rings is 1. The average Bonchev–Trinajstić information content (AvgIpc) is 2.46. The van der Waals surface area contributed by atoms with E-state index < -0.39 is 28.5 Å². The van der Waals surface area contributed by atoms with Gasteiger partial charge in [-0.25, -0.2) is 4.21 Å². The highest BCUT2D eigenvalue weighted by molar-refractivity contribution is 7.81. The minimum absolute atomic E-state index is 0.177. The van der Waals surface area contributed by atoms with Gasteiger partial charge in [-0.1, -0.05) is 12.1 Å². The summed E-state index contributed by atoms with van der Waals surface area (Å²) < 4.78 is 89.0. The van der Waals surface area contributed by atoms with E-state index in [9.17, 15) is 30.6 Å². The molecule has 1 aromatic carbocycles. The van der Waals surface area contributed by atoms with Gasteiger partial charge in [0.05, 0.1) is 0 Å². The molecule has 2 rings (SSSR count). The van der Waals surface area contributed by atoms with E-state index in [0.717, 1.165) is 24.4 Å². The molecular formula is C13H7F6NO2S. The maximum Gasteiger partial charge on any atom is 0.508 e. The van der Waals surface area contributed by atoms with E-state index >= 15 is 0 Å². The fourth-order valence-corrected chi connectivity index (χ4v) is 1.98. The van der Waals surface area contributed by atoms with Crippen molar-refractivity contribution in [3.8, 4) is 16.9 Å². The van der Waals surface area contributed by atoms with Gasteiger partial charge in [-0.3, -0.25) is 4.98 Å². The molecule has 10 heteroatoms. The molecule has 0 saturated carbocycles. The second kappa shape index (κ2) is 6.19. The minimum Gasteiger partial charge on any atom is -0.394 e. The smallest absolute Gasteiger partial charge is 0.394 e. The Morgan fingerprint density at radius 2 is 1.52 bits per heavy atom. The third kappa shape index (κ3) is 4.44. The third-order valence-corrected chi connectivity index (χ3v) is 3.32. The molecule has 124 valence electrons. The topological polar surface area (TPSA) is 39.2 Å². The monoisotopic (exact) mass is 355 g/mol. The highest BCUT2D eigenvalue weighted by Crippen LogP contribution is 2.31. The van der Waals surface area contributed by atoms with Crippen LogP contribution in [0.1, 0.15) is 5.69 Å². The second-order valence-electron chi connectivity index (χ2n) is 4.22. The Balaban J connectivity index is 2.22. The molecule has 2 aromatic rings. The predicted octanol–water partition coefficient (Wildman–Crippen LogP) is 4.33. The molecule has 0 amide bonds. The van der Waals surface area contributed by atoms with Crippen molar-refractivity contribution in [2.24, 2.45) is 0 Å². The SMILES string of the molecule is O=S(Oc1ccc(-c2ccnc(C(F)(F)F)c2)cc1)C(F)(F)F. The number of hydrogen-bond acceptors (Lipinski definition) is 3. The van der Waals surface area contributed by atoms with Gasteiger partial charge in [0.2, 0.25) is 0 Å². The molecule has 0 radical (unpaired) electrons. The zero-order chi connectivity index (χ0) is 17.3. The quantitative estimate of drug-likeness (QED) is 0.770. The fourth-order valence-electron chi connectivity index (χ4n) is 1.60. The normalized spacial score (nSPS) is 13.7. The third-order valence-electron chi connectivity index (χ3n) is 2.60. The van der Waals surface area contributed by atoms with Gasteiger partial charge in [-0.15, -0.1) is 0 Å². The van der Waals surface area contributed by atoms with Crippen molar-refractivity contribution in [3.05, 3.63) is 48.3 Å². The van der Waals surface area contributed by atoms with Gasteiger partial charge in [0.1, 0.15) is 11.4 Å². The maximum absolute atomic E-state index is 12.6. The standard InChI is InChI=1S/C13H7F6NO2S/c14-12(15,16)11-7-9(5-6-20-11)8-1-3-10(4-2-8)22-23(21)13(17,18)19/h1-7H. The molecule has 0 aliphatic carbocycles. The first-order valence-corrected chi connectivity index (χ1v) is 6.95. The molecule has 0 aliphatic rings.